The zero-order valence-corrected chi connectivity index (χ0v) is 11.5. The highest BCUT2D eigenvalue weighted by atomic mass is 16.5. The molecular weight excluding hydrogens is 254 g/mol. The first-order valence-electron chi connectivity index (χ1n) is 6.28. The van der Waals surface area contributed by atoms with Crippen LogP contribution in [0, 0.1) is 0 Å². The van der Waals surface area contributed by atoms with E-state index in [0.717, 1.165) is 5.57 Å². The molecule has 0 amide bonds. The Balaban J connectivity index is 2.21. The summed E-state index contributed by atoms with van der Waals surface area (Å²) in [4.78, 5) is 15.1. The highest BCUT2D eigenvalue weighted by Crippen LogP contribution is 2.20. The fourth-order valence-electron chi connectivity index (χ4n) is 1.66. The monoisotopic (exact) mass is 271 g/mol. The van der Waals surface area contributed by atoms with Crippen molar-refractivity contribution in [3.8, 4) is 5.88 Å². The first-order chi connectivity index (χ1) is 9.74. The number of nitrogens with two attached hydrogens (primary N) is 1. The van der Waals surface area contributed by atoms with E-state index < -0.39 is 0 Å². The van der Waals surface area contributed by atoms with Crippen molar-refractivity contribution < 1.29 is 4.74 Å². The summed E-state index contributed by atoms with van der Waals surface area (Å²) in [5.74, 6) is 0.547. The molecule has 2 aromatic heterocycles. The van der Waals surface area contributed by atoms with Gasteiger partial charge in [0.05, 0.1) is 6.33 Å². The van der Waals surface area contributed by atoms with E-state index in [9.17, 15) is 0 Å². The van der Waals surface area contributed by atoms with Crippen LogP contribution in [0.4, 0.5) is 5.95 Å². The normalized spacial score (nSPS) is 12.8. The smallest absolute Gasteiger partial charge is 0.245 e. The molecule has 104 valence electrons. The zero-order chi connectivity index (χ0) is 14.4. The summed E-state index contributed by atoms with van der Waals surface area (Å²) < 4.78 is 5.71. The fourth-order valence-corrected chi connectivity index (χ4v) is 1.66. The van der Waals surface area contributed by atoms with Crippen LogP contribution in [0.25, 0.3) is 11.2 Å². The maximum absolute atomic E-state index is 5.71. The van der Waals surface area contributed by atoms with Crippen molar-refractivity contribution in [3.63, 3.8) is 0 Å². The summed E-state index contributed by atoms with van der Waals surface area (Å²) in [6.45, 7) is 4.31. The van der Waals surface area contributed by atoms with Gasteiger partial charge in [-0.15, -0.1) is 0 Å². The first kappa shape index (κ1) is 13.8. The van der Waals surface area contributed by atoms with Gasteiger partial charge in [0.25, 0.3) is 0 Å². The molecule has 0 spiro atoms. The predicted molar refractivity (Wildman–Crippen MR) is 79.3 cm³/mol. The van der Waals surface area contributed by atoms with Crippen LogP contribution in [0.3, 0.4) is 0 Å². The van der Waals surface area contributed by atoms with Crippen molar-refractivity contribution in [2.24, 2.45) is 0 Å². The molecule has 0 saturated carbocycles. The number of aromatic amines is 1. The van der Waals surface area contributed by atoms with Crippen LogP contribution in [0.15, 0.2) is 42.3 Å². The van der Waals surface area contributed by atoms with Gasteiger partial charge in [-0.3, -0.25) is 0 Å². The summed E-state index contributed by atoms with van der Waals surface area (Å²) in [5.41, 5.74) is 7.80. The average Bonchev–Trinajstić information content (AvgIpc) is 2.89. The molecule has 3 N–H and O–H groups in total. The molecule has 2 rings (SSSR count). The Labute approximate surface area is 117 Å². The van der Waals surface area contributed by atoms with E-state index in [1.54, 1.807) is 0 Å². The van der Waals surface area contributed by atoms with Crippen molar-refractivity contribution in [3.05, 3.63) is 42.3 Å². The summed E-state index contributed by atoms with van der Waals surface area (Å²) >= 11 is 0. The van der Waals surface area contributed by atoms with Gasteiger partial charge in [-0.1, -0.05) is 30.4 Å². The van der Waals surface area contributed by atoms with Crippen LogP contribution in [0.5, 0.6) is 5.88 Å². The van der Waals surface area contributed by atoms with Gasteiger partial charge in [-0.2, -0.15) is 9.97 Å². The Morgan fingerprint density at radius 3 is 2.95 bits per heavy atom. The van der Waals surface area contributed by atoms with Crippen LogP contribution in [-0.4, -0.2) is 26.5 Å². The van der Waals surface area contributed by atoms with Crippen molar-refractivity contribution in [2.75, 3.05) is 12.3 Å². The Hall–Kier alpha value is -2.63. The molecule has 0 unspecified atom stereocenters. The number of rotatable bonds is 5. The van der Waals surface area contributed by atoms with E-state index >= 15 is 0 Å². The molecule has 6 nitrogen and oxygen atoms in total. The quantitative estimate of drug-likeness (QED) is 0.815. The zero-order valence-electron chi connectivity index (χ0n) is 11.5. The predicted octanol–water partition coefficient (Wildman–Crippen LogP) is 2.39. The van der Waals surface area contributed by atoms with Crippen molar-refractivity contribution in [2.45, 2.75) is 13.8 Å². The van der Waals surface area contributed by atoms with Crippen molar-refractivity contribution >= 4 is 17.1 Å². The minimum atomic E-state index is 0.143. The van der Waals surface area contributed by atoms with E-state index in [-0.39, 0.29) is 5.95 Å². The summed E-state index contributed by atoms with van der Waals surface area (Å²) in [6.07, 6.45) is 11.4. The van der Waals surface area contributed by atoms with E-state index in [1.165, 1.54) is 6.33 Å². The van der Waals surface area contributed by atoms with E-state index in [4.69, 9.17) is 10.5 Å². The van der Waals surface area contributed by atoms with E-state index in [0.29, 0.717) is 23.7 Å². The number of nitrogens with one attached hydrogen (secondary N) is 1. The highest BCUT2D eigenvalue weighted by molar-refractivity contribution is 5.76. The van der Waals surface area contributed by atoms with Crippen molar-refractivity contribution in [1.82, 2.24) is 19.9 Å². The number of H-pyrrole nitrogens is 1. The maximum Gasteiger partial charge on any atom is 0.245 e. The second-order valence-electron chi connectivity index (χ2n) is 4.04. The van der Waals surface area contributed by atoms with E-state index in [2.05, 4.69) is 19.9 Å². The molecule has 2 heterocycles. The van der Waals surface area contributed by atoms with Gasteiger partial charge < -0.3 is 15.5 Å². The van der Waals surface area contributed by atoms with Crippen molar-refractivity contribution in [1.29, 1.82) is 0 Å². The molecule has 0 fully saturated rings. The Kier molecular flexibility index (Phi) is 4.49. The second kappa shape index (κ2) is 6.51. The highest BCUT2D eigenvalue weighted by Gasteiger charge is 2.09. The molecular formula is C14H17N5O. The number of anilines is 1. The van der Waals surface area contributed by atoms with Gasteiger partial charge in [0.15, 0.2) is 5.65 Å². The number of fused-ring (bicyclic) bond motifs is 1. The number of ether oxygens (including phenoxy) is 1. The number of hydrogen-bond donors (Lipinski definition) is 2. The SMILES string of the molecule is C\C=C/C=C(\C=C/C)COc1nc(N)nc2nc[nH]c12. The lowest BCUT2D eigenvalue weighted by Gasteiger charge is -2.07. The summed E-state index contributed by atoms with van der Waals surface area (Å²) in [6, 6.07) is 0. The molecule has 20 heavy (non-hydrogen) atoms. The summed E-state index contributed by atoms with van der Waals surface area (Å²) in [5, 5.41) is 0. The first-order valence-corrected chi connectivity index (χ1v) is 6.28. The molecule has 0 saturated heterocycles. The number of nitrogens with zero attached hydrogens (tertiary/aromatic N) is 3. The molecule has 0 aromatic carbocycles. The molecule has 0 aliphatic heterocycles. The molecule has 0 radical (unpaired) electrons. The third kappa shape index (κ3) is 3.23. The van der Waals surface area contributed by atoms with Crippen LogP contribution >= 0.6 is 0 Å². The lowest BCUT2D eigenvalue weighted by atomic mass is 10.2. The third-order valence-corrected chi connectivity index (χ3v) is 2.53. The van der Waals surface area contributed by atoms with Gasteiger partial charge in [0.2, 0.25) is 11.8 Å². The lowest BCUT2D eigenvalue weighted by molar-refractivity contribution is 0.345. The third-order valence-electron chi connectivity index (χ3n) is 2.53. The van der Waals surface area contributed by atoms with Crippen LogP contribution in [0.1, 0.15) is 13.8 Å². The van der Waals surface area contributed by atoms with E-state index in [1.807, 2.05) is 44.2 Å². The Bertz CT molecular complexity index is 669. The van der Waals surface area contributed by atoms with Gasteiger partial charge in [0, 0.05) is 0 Å². The number of aromatic nitrogens is 4. The molecule has 0 aliphatic rings. The topological polar surface area (TPSA) is 89.7 Å². The number of imidazole rings is 1. The van der Waals surface area contributed by atoms with Crippen LogP contribution in [0.2, 0.25) is 0 Å². The molecule has 0 bridgehead atoms. The Morgan fingerprint density at radius 1 is 1.35 bits per heavy atom. The maximum atomic E-state index is 5.71. The van der Waals surface area contributed by atoms with Gasteiger partial charge in [0.1, 0.15) is 12.1 Å². The number of allylic oxidation sites excluding steroid dienone is 4. The molecule has 6 heteroatoms. The minimum absolute atomic E-state index is 0.143. The van der Waals surface area contributed by atoms with Gasteiger partial charge in [-0.25, -0.2) is 4.98 Å². The number of hydrogen-bond acceptors (Lipinski definition) is 5. The van der Waals surface area contributed by atoms with Gasteiger partial charge >= 0.3 is 0 Å². The summed E-state index contributed by atoms with van der Waals surface area (Å²) in [7, 11) is 0. The average molecular weight is 271 g/mol. The lowest BCUT2D eigenvalue weighted by Crippen LogP contribution is -2.04. The molecule has 0 atom stereocenters. The van der Waals surface area contributed by atoms with Crippen LogP contribution < -0.4 is 10.5 Å². The molecule has 2 aromatic rings. The standard InChI is InChI=1S/C14H17N5O/c1-3-5-7-10(6-4-2)8-20-13-11-12(17-9-16-11)18-14(15)19-13/h3-7,9H,8H2,1-2H3,(H3,15,16,17,18,19)/b5-3-,6-4-,10-7+. The number of nitrogen functional groups attached to an aromatic ring is 1. The van der Waals surface area contributed by atoms with Crippen LogP contribution in [-0.2, 0) is 0 Å². The molecule has 0 aliphatic carbocycles. The largest absolute Gasteiger partial charge is 0.471 e. The van der Waals surface area contributed by atoms with Gasteiger partial charge in [-0.05, 0) is 19.4 Å². The minimum Gasteiger partial charge on any atom is -0.471 e. The fraction of sp³-hybridized carbons (Fsp3) is 0.214. The Morgan fingerprint density at radius 2 is 2.20 bits per heavy atom. The second-order valence-corrected chi connectivity index (χ2v) is 4.04.